The first-order chi connectivity index (χ1) is 30.8. The number of non-ortho nitro benzene ring substituents is 1. The van der Waals surface area contributed by atoms with E-state index in [1.54, 1.807) is 44.2 Å². The van der Waals surface area contributed by atoms with E-state index in [0.29, 0.717) is 45.6 Å². The van der Waals surface area contributed by atoms with Crippen molar-refractivity contribution in [1.29, 1.82) is 0 Å². The monoisotopic (exact) mass is 953 g/mol. The maximum Gasteiger partial charge on any atom is 0.295 e. The summed E-state index contributed by atoms with van der Waals surface area (Å²) < 4.78 is 108. The van der Waals surface area contributed by atoms with Crippen molar-refractivity contribution in [3.8, 4) is 22.6 Å². The Labute approximate surface area is 375 Å². The fourth-order valence-electron chi connectivity index (χ4n) is 6.84. The molecule has 22 nitrogen and oxygen atoms in total. The minimum Gasteiger partial charge on any atom is -0.612 e. The number of fused-ring (bicyclic) bond motifs is 2. The minimum absolute atomic E-state index is 0.0143. The molecule has 66 heavy (non-hydrogen) atoms. The lowest BCUT2D eigenvalue weighted by Crippen LogP contribution is -2.11. The summed E-state index contributed by atoms with van der Waals surface area (Å²) in [6.45, 7) is 4.91. The van der Waals surface area contributed by atoms with Gasteiger partial charge in [-0.3, -0.25) is 14.7 Å². The molecule has 0 saturated heterocycles. The van der Waals surface area contributed by atoms with E-state index in [2.05, 4.69) is 30.7 Å². The van der Waals surface area contributed by atoms with Gasteiger partial charge in [0.2, 0.25) is 0 Å². The Kier molecular flexibility index (Phi) is 12.1. The van der Waals surface area contributed by atoms with Crippen molar-refractivity contribution in [3.63, 3.8) is 0 Å². The molecular formula is C41H31N9O13S3-2. The van der Waals surface area contributed by atoms with Gasteiger partial charge in [-0.2, -0.15) is 13.5 Å². The number of benzene rings is 7. The quantitative estimate of drug-likeness (QED) is 0.0201. The molecule has 0 aliphatic rings. The van der Waals surface area contributed by atoms with Crippen LogP contribution in [0.25, 0.3) is 32.7 Å². The molecule has 338 valence electrons. The highest BCUT2D eigenvalue weighted by atomic mass is 32.3. The average Bonchev–Trinajstić information content (AvgIpc) is 3.22. The second kappa shape index (κ2) is 17.1. The van der Waals surface area contributed by atoms with Crippen LogP contribution in [0, 0.1) is 30.9 Å². The number of nitrogen functional groups attached to an aromatic ring is 2. The molecule has 0 spiro atoms. The lowest BCUT2D eigenvalue weighted by atomic mass is 10.0. The number of aryl methyl sites for hydroxylation is 3. The molecule has 0 heterocycles. The fraction of sp³-hybridized carbons (Fsp3) is 0.0732. The summed E-state index contributed by atoms with van der Waals surface area (Å²) in [5, 5.41) is 56.7. The molecular weight excluding hydrogens is 923 g/mol. The van der Waals surface area contributed by atoms with Crippen molar-refractivity contribution >= 4 is 104 Å². The number of nitro benzene ring substituents is 1. The third-order valence-electron chi connectivity index (χ3n) is 10.2. The Morgan fingerprint density at radius 1 is 0.591 bits per heavy atom. The Morgan fingerprint density at radius 3 is 1.65 bits per heavy atom. The third-order valence-corrected chi connectivity index (χ3v) is 12.8. The largest absolute Gasteiger partial charge is 0.612 e. The molecule has 0 aromatic heterocycles. The van der Waals surface area contributed by atoms with Crippen LogP contribution in [-0.2, 0) is 39.5 Å². The van der Waals surface area contributed by atoms with Gasteiger partial charge in [-0.15, -0.1) is 34.0 Å². The van der Waals surface area contributed by atoms with E-state index in [-0.39, 0.29) is 39.2 Å². The number of anilines is 2. The Bertz CT molecular complexity index is 3540. The number of hydrogen-bond donors (Lipinski definition) is 5. The minimum atomic E-state index is -5.47. The molecule has 0 atom stereocenters. The number of nitro groups is 1. The Morgan fingerprint density at radius 2 is 1.11 bits per heavy atom. The molecule has 0 aliphatic heterocycles. The highest BCUT2D eigenvalue weighted by Crippen LogP contribution is 2.50. The molecule has 0 saturated carbocycles. The summed E-state index contributed by atoms with van der Waals surface area (Å²) in [4.78, 5) is 7.91. The van der Waals surface area contributed by atoms with Crippen molar-refractivity contribution < 1.29 is 54.7 Å². The lowest BCUT2D eigenvalue weighted by molar-refractivity contribution is -0.384. The topological polar surface area (TPSA) is 391 Å². The number of nitrogens with two attached hydrogens (primary N) is 2. The van der Waals surface area contributed by atoms with Gasteiger partial charge in [-0.25, -0.2) is 0 Å². The third kappa shape index (κ3) is 9.08. The van der Waals surface area contributed by atoms with E-state index in [4.69, 9.17) is 11.5 Å². The van der Waals surface area contributed by atoms with E-state index < -0.39 is 90.1 Å². The molecule has 7 aromatic rings. The second-order valence-electron chi connectivity index (χ2n) is 14.5. The molecule has 0 amide bonds. The number of rotatable bonds is 11. The maximum absolute atomic E-state index is 12.5. The number of hydrogen-bond acceptors (Lipinski definition) is 20. The average molecular weight is 954 g/mol. The zero-order valence-electron chi connectivity index (χ0n) is 34.1. The number of phenolic OH excluding ortho intramolecular Hbond substituents is 2. The molecule has 0 radical (unpaired) electrons. The zero-order valence-corrected chi connectivity index (χ0v) is 36.5. The summed E-state index contributed by atoms with van der Waals surface area (Å²) in [6, 6.07) is 19.8. The smallest absolute Gasteiger partial charge is 0.295 e. The lowest BCUT2D eigenvalue weighted by Gasteiger charge is -2.22. The van der Waals surface area contributed by atoms with Crippen molar-refractivity contribution in [1.82, 2.24) is 0 Å². The molecule has 0 aliphatic carbocycles. The van der Waals surface area contributed by atoms with E-state index in [1.807, 2.05) is 0 Å². The van der Waals surface area contributed by atoms with Crippen LogP contribution in [0.5, 0.6) is 11.5 Å². The van der Waals surface area contributed by atoms with Crippen LogP contribution in [0.2, 0.25) is 0 Å². The summed E-state index contributed by atoms with van der Waals surface area (Å²) >= 11 is 0. The first kappa shape index (κ1) is 46.5. The normalized spacial score (nSPS) is 12.7. The summed E-state index contributed by atoms with van der Waals surface area (Å²) in [6.07, 6.45) is 0. The van der Waals surface area contributed by atoms with Crippen molar-refractivity contribution in [2.75, 3.05) is 11.5 Å². The molecule has 0 fully saturated rings. The van der Waals surface area contributed by atoms with Crippen LogP contribution in [0.4, 0.5) is 51.2 Å². The van der Waals surface area contributed by atoms with E-state index >= 15 is 0 Å². The van der Waals surface area contributed by atoms with Gasteiger partial charge in [-0.05, 0) is 96.4 Å². The van der Waals surface area contributed by atoms with Crippen LogP contribution in [-0.4, -0.2) is 46.3 Å². The van der Waals surface area contributed by atoms with Gasteiger partial charge in [-0.1, -0.05) is 24.3 Å². The summed E-state index contributed by atoms with van der Waals surface area (Å²) in [7, 11) is -15.5. The second-order valence-corrected chi connectivity index (χ2v) is 18.6. The molecule has 7 N–H and O–H groups in total. The van der Waals surface area contributed by atoms with Gasteiger partial charge in [0.15, 0.2) is 32.7 Å². The number of azo groups is 3. The highest BCUT2D eigenvalue weighted by Gasteiger charge is 2.29. The molecule has 7 rings (SSSR count). The summed E-state index contributed by atoms with van der Waals surface area (Å²) in [5.41, 5.74) is 12.8. The van der Waals surface area contributed by atoms with Crippen molar-refractivity contribution in [2.24, 2.45) is 30.7 Å². The van der Waals surface area contributed by atoms with Crippen molar-refractivity contribution in [2.45, 2.75) is 35.5 Å². The van der Waals surface area contributed by atoms with Crippen LogP contribution >= 0.6 is 0 Å². The highest BCUT2D eigenvalue weighted by molar-refractivity contribution is 7.92. The Hall–Kier alpha value is -7.49. The Balaban J connectivity index is 1.22. The first-order valence-corrected chi connectivity index (χ1v) is 22.9. The standard InChI is InChI=1S/C41H31N9O13S3/c1-19-4-7-25(50(53)54)18-31(19)47-48-38-33(65(58,59)60)16-24-17-34(66(61,62)63)39(41(52)35(24)37(38)43)49-45-29-11-6-23(15-21(29)3)22-5-10-28(20(2)14-22)44-46-30-12-8-26-32(64(55,56)57)13-9-27(42)36(26)40(30)51/h4-18H,1-3H3,(H7-4,42,43,44,45,46,47,48,49,51,52,55,56,57,58,59,60,61,62,63)/q-2. The van der Waals surface area contributed by atoms with E-state index in [0.717, 1.165) is 12.1 Å². The molecule has 0 bridgehead atoms. The molecule has 0 unspecified atom stereocenters. The van der Waals surface area contributed by atoms with Gasteiger partial charge in [0, 0.05) is 56.3 Å². The van der Waals surface area contributed by atoms with Gasteiger partial charge >= 0.3 is 0 Å². The number of phenols is 2. The zero-order chi connectivity index (χ0) is 48.2. The van der Waals surface area contributed by atoms with Gasteiger partial charge in [0.25, 0.3) is 15.8 Å². The van der Waals surface area contributed by atoms with Gasteiger partial charge < -0.3 is 39.9 Å². The summed E-state index contributed by atoms with van der Waals surface area (Å²) in [5.74, 6) is -1.50. The van der Waals surface area contributed by atoms with E-state index in [1.165, 1.54) is 43.3 Å². The number of nitrogens with zero attached hydrogens (tertiary/aromatic N) is 7. The van der Waals surface area contributed by atoms with Crippen LogP contribution in [0.3, 0.4) is 0 Å². The van der Waals surface area contributed by atoms with Crippen LogP contribution in [0.1, 0.15) is 16.7 Å². The number of aromatic hydroxyl groups is 2. The van der Waals surface area contributed by atoms with Crippen LogP contribution < -0.4 is 11.5 Å². The predicted molar refractivity (Wildman–Crippen MR) is 237 cm³/mol. The molecule has 7 aromatic carbocycles. The fourth-order valence-corrected chi connectivity index (χ4v) is 8.84. The maximum atomic E-state index is 12.5. The van der Waals surface area contributed by atoms with Gasteiger partial charge in [0.05, 0.1) is 38.4 Å². The molecule has 25 heteroatoms. The SMILES string of the molecule is Cc1cc(-c2ccc(N=Nc3c([S+](=O)([O-])[O-])cc4cc([S+](=O)([O-])[O-])c(N=Nc5cc([N+](=O)[O-])ccc5C)c(N)c4c3O)c(C)c2)ccc1N=Nc1ccc2c(S(=O)(=O)O)ccc(N)c2c1O. The predicted octanol–water partition coefficient (Wildman–Crippen LogP) is 9.80. The van der Waals surface area contributed by atoms with Gasteiger partial charge in [0.1, 0.15) is 10.6 Å². The van der Waals surface area contributed by atoms with Crippen molar-refractivity contribution in [3.05, 3.63) is 118 Å². The van der Waals surface area contributed by atoms with Crippen LogP contribution in [0.15, 0.2) is 136 Å². The first-order valence-electron chi connectivity index (χ1n) is 18.6. The van der Waals surface area contributed by atoms with E-state index in [9.17, 15) is 59.9 Å².